The Kier molecular flexibility index (Phi) is 4.84. The molecular formula is C17H23FN2O2. The highest BCUT2D eigenvalue weighted by atomic mass is 19.1. The zero-order chi connectivity index (χ0) is 16.3. The minimum atomic E-state index is -0.363. The molecule has 2 rings (SSSR count). The number of hydrogen-bond donors (Lipinski definition) is 1. The fourth-order valence-corrected chi connectivity index (χ4v) is 2.62. The van der Waals surface area contributed by atoms with Gasteiger partial charge in [-0.25, -0.2) is 4.39 Å². The molecule has 22 heavy (non-hydrogen) atoms. The van der Waals surface area contributed by atoms with E-state index < -0.39 is 0 Å². The molecular weight excluding hydrogens is 283 g/mol. The Hall–Kier alpha value is -1.91. The number of carbonyl (C=O) groups excluding carboxylic acids is 2. The summed E-state index contributed by atoms with van der Waals surface area (Å²) in [6, 6.07) is 5.52. The molecule has 1 atom stereocenters. The van der Waals surface area contributed by atoms with Crippen molar-refractivity contribution in [1.29, 1.82) is 0 Å². The van der Waals surface area contributed by atoms with Crippen LogP contribution in [0.3, 0.4) is 0 Å². The summed E-state index contributed by atoms with van der Waals surface area (Å²) in [5.74, 6) is -0.702. The molecule has 0 aliphatic carbocycles. The predicted octanol–water partition coefficient (Wildman–Crippen LogP) is 2.59. The second-order valence-electron chi connectivity index (χ2n) is 6.84. The highest BCUT2D eigenvalue weighted by Gasteiger charge is 2.30. The van der Waals surface area contributed by atoms with E-state index in [-0.39, 0.29) is 29.1 Å². The normalized spacial score (nSPS) is 18.9. The van der Waals surface area contributed by atoms with Crippen LogP contribution in [-0.4, -0.2) is 35.3 Å². The first-order chi connectivity index (χ1) is 10.3. The molecule has 1 heterocycles. The maximum Gasteiger partial charge on any atom is 0.253 e. The first-order valence-corrected chi connectivity index (χ1v) is 7.63. The van der Waals surface area contributed by atoms with Gasteiger partial charge < -0.3 is 10.2 Å². The van der Waals surface area contributed by atoms with Crippen LogP contribution in [-0.2, 0) is 4.79 Å². The van der Waals surface area contributed by atoms with Crippen LogP contribution >= 0.6 is 0 Å². The van der Waals surface area contributed by atoms with Gasteiger partial charge in [-0.15, -0.1) is 0 Å². The SMILES string of the molecule is CC(C)(C)NC(=O)[C@@H]1CCCN(C(=O)c2ccc(F)cc2)C1. The molecule has 1 aromatic rings. The lowest BCUT2D eigenvalue weighted by molar-refractivity contribution is -0.127. The number of carbonyl (C=O) groups is 2. The van der Waals surface area contributed by atoms with Crippen LogP contribution in [0.25, 0.3) is 0 Å². The van der Waals surface area contributed by atoms with Crippen molar-refractivity contribution < 1.29 is 14.0 Å². The molecule has 1 fully saturated rings. The number of piperidine rings is 1. The van der Waals surface area contributed by atoms with Gasteiger partial charge >= 0.3 is 0 Å². The molecule has 120 valence electrons. The Morgan fingerprint density at radius 2 is 1.86 bits per heavy atom. The average Bonchev–Trinajstić information content (AvgIpc) is 2.46. The summed E-state index contributed by atoms with van der Waals surface area (Å²) in [4.78, 5) is 26.4. The summed E-state index contributed by atoms with van der Waals surface area (Å²) in [5.41, 5.74) is 0.179. The van der Waals surface area contributed by atoms with E-state index in [0.717, 1.165) is 12.8 Å². The number of likely N-dealkylation sites (tertiary alicyclic amines) is 1. The van der Waals surface area contributed by atoms with E-state index in [2.05, 4.69) is 5.32 Å². The van der Waals surface area contributed by atoms with Gasteiger partial charge in [0.2, 0.25) is 5.91 Å². The van der Waals surface area contributed by atoms with Crippen molar-refractivity contribution in [3.8, 4) is 0 Å². The Balaban J connectivity index is 2.02. The second kappa shape index (κ2) is 6.46. The second-order valence-corrected chi connectivity index (χ2v) is 6.84. The lowest BCUT2D eigenvalue weighted by Gasteiger charge is -2.33. The number of amides is 2. The van der Waals surface area contributed by atoms with Gasteiger partial charge in [-0.1, -0.05) is 0 Å². The first-order valence-electron chi connectivity index (χ1n) is 7.63. The summed E-state index contributed by atoms with van der Waals surface area (Å²) in [5, 5.41) is 2.97. The van der Waals surface area contributed by atoms with Crippen molar-refractivity contribution in [2.24, 2.45) is 5.92 Å². The van der Waals surface area contributed by atoms with E-state index >= 15 is 0 Å². The average molecular weight is 306 g/mol. The predicted molar refractivity (Wildman–Crippen MR) is 82.9 cm³/mol. The van der Waals surface area contributed by atoms with Gasteiger partial charge in [-0.2, -0.15) is 0 Å². The molecule has 5 heteroatoms. The van der Waals surface area contributed by atoms with Crippen LogP contribution in [0, 0.1) is 11.7 Å². The maximum atomic E-state index is 12.9. The fourth-order valence-electron chi connectivity index (χ4n) is 2.62. The van der Waals surface area contributed by atoms with Crippen LogP contribution in [0.15, 0.2) is 24.3 Å². The number of hydrogen-bond acceptors (Lipinski definition) is 2. The smallest absolute Gasteiger partial charge is 0.253 e. The molecule has 1 saturated heterocycles. The summed E-state index contributed by atoms with van der Waals surface area (Å²) in [6.45, 7) is 6.87. The number of nitrogens with zero attached hydrogens (tertiary/aromatic N) is 1. The third kappa shape index (κ3) is 4.29. The molecule has 0 radical (unpaired) electrons. The van der Waals surface area contributed by atoms with Gasteiger partial charge in [0.05, 0.1) is 5.92 Å². The minimum Gasteiger partial charge on any atom is -0.351 e. The van der Waals surface area contributed by atoms with E-state index in [9.17, 15) is 14.0 Å². The summed E-state index contributed by atoms with van der Waals surface area (Å²) in [7, 11) is 0. The first kappa shape index (κ1) is 16.5. The molecule has 0 aromatic heterocycles. The topological polar surface area (TPSA) is 49.4 Å². The number of halogens is 1. The molecule has 0 spiro atoms. The van der Waals surface area contributed by atoms with Crippen LogP contribution in [0.5, 0.6) is 0 Å². The standard InChI is InChI=1S/C17H23FN2O2/c1-17(2,3)19-15(21)13-5-4-10-20(11-13)16(22)12-6-8-14(18)9-7-12/h6-9,13H,4-5,10-11H2,1-3H3,(H,19,21)/t13-/m1/s1. The Morgan fingerprint density at radius 3 is 2.45 bits per heavy atom. The van der Waals surface area contributed by atoms with Gasteiger partial charge in [0.1, 0.15) is 5.82 Å². The summed E-state index contributed by atoms with van der Waals surface area (Å²) >= 11 is 0. The van der Waals surface area contributed by atoms with Crippen molar-refractivity contribution in [2.45, 2.75) is 39.2 Å². The molecule has 1 aromatic carbocycles. The third-order valence-electron chi connectivity index (χ3n) is 3.67. The Bertz CT molecular complexity index is 549. The number of rotatable bonds is 2. The zero-order valence-electron chi connectivity index (χ0n) is 13.4. The monoisotopic (exact) mass is 306 g/mol. The lowest BCUT2D eigenvalue weighted by atomic mass is 9.95. The van der Waals surface area contributed by atoms with Crippen LogP contribution in [0.2, 0.25) is 0 Å². The molecule has 4 nitrogen and oxygen atoms in total. The highest BCUT2D eigenvalue weighted by Crippen LogP contribution is 2.20. The van der Waals surface area contributed by atoms with Gasteiger partial charge in [0.25, 0.3) is 5.91 Å². The van der Waals surface area contributed by atoms with Crippen molar-refractivity contribution in [3.63, 3.8) is 0 Å². The molecule has 1 aliphatic heterocycles. The van der Waals surface area contributed by atoms with E-state index in [1.807, 2.05) is 20.8 Å². The highest BCUT2D eigenvalue weighted by molar-refractivity contribution is 5.94. The van der Waals surface area contributed by atoms with E-state index in [1.165, 1.54) is 24.3 Å². The Labute approximate surface area is 130 Å². The van der Waals surface area contributed by atoms with Crippen LogP contribution in [0.4, 0.5) is 4.39 Å². The molecule has 0 saturated carbocycles. The van der Waals surface area contributed by atoms with E-state index in [1.54, 1.807) is 4.90 Å². The van der Waals surface area contributed by atoms with Crippen molar-refractivity contribution >= 4 is 11.8 Å². The lowest BCUT2D eigenvalue weighted by Crippen LogP contribution is -2.49. The van der Waals surface area contributed by atoms with Crippen molar-refractivity contribution in [3.05, 3.63) is 35.6 Å². The quantitative estimate of drug-likeness (QED) is 0.913. The summed E-state index contributed by atoms with van der Waals surface area (Å²) in [6.07, 6.45) is 1.59. The largest absolute Gasteiger partial charge is 0.351 e. The van der Waals surface area contributed by atoms with Gasteiger partial charge in [0, 0.05) is 24.2 Å². The molecule has 1 N–H and O–H groups in total. The third-order valence-corrected chi connectivity index (χ3v) is 3.67. The Morgan fingerprint density at radius 1 is 1.23 bits per heavy atom. The minimum absolute atomic E-state index is 0.0101. The van der Waals surface area contributed by atoms with Crippen molar-refractivity contribution in [2.75, 3.05) is 13.1 Å². The van der Waals surface area contributed by atoms with E-state index in [0.29, 0.717) is 18.7 Å². The van der Waals surface area contributed by atoms with Gasteiger partial charge in [-0.05, 0) is 57.9 Å². The molecule has 2 amide bonds. The molecule has 0 unspecified atom stereocenters. The number of nitrogens with one attached hydrogen (secondary N) is 1. The maximum absolute atomic E-state index is 12.9. The molecule has 0 bridgehead atoms. The summed E-state index contributed by atoms with van der Waals surface area (Å²) < 4.78 is 12.9. The van der Waals surface area contributed by atoms with Crippen molar-refractivity contribution in [1.82, 2.24) is 10.2 Å². The van der Waals surface area contributed by atoms with Crippen LogP contribution in [0.1, 0.15) is 44.0 Å². The zero-order valence-corrected chi connectivity index (χ0v) is 13.4. The fraction of sp³-hybridized carbons (Fsp3) is 0.529. The van der Waals surface area contributed by atoms with Gasteiger partial charge in [0.15, 0.2) is 0 Å². The number of benzene rings is 1. The van der Waals surface area contributed by atoms with Crippen LogP contribution < -0.4 is 5.32 Å². The molecule has 1 aliphatic rings. The van der Waals surface area contributed by atoms with E-state index in [4.69, 9.17) is 0 Å². The van der Waals surface area contributed by atoms with Gasteiger partial charge in [-0.3, -0.25) is 9.59 Å².